The molecular weight excluding hydrogens is 324 g/mol. The molecule has 0 spiro atoms. The van der Waals surface area contributed by atoms with E-state index in [1.165, 1.54) is 18.4 Å². The van der Waals surface area contributed by atoms with E-state index in [-0.39, 0.29) is 12.0 Å². The molecular formula is C22H28N2O2. The van der Waals surface area contributed by atoms with Crippen molar-refractivity contribution in [1.82, 2.24) is 9.47 Å². The van der Waals surface area contributed by atoms with E-state index in [4.69, 9.17) is 4.74 Å². The van der Waals surface area contributed by atoms with E-state index < -0.39 is 0 Å². The Balaban J connectivity index is 1.46. The summed E-state index contributed by atoms with van der Waals surface area (Å²) in [5, 5.41) is 0. The Kier molecular flexibility index (Phi) is 5.11. The van der Waals surface area contributed by atoms with Gasteiger partial charge in [0.25, 0.3) is 5.91 Å². The highest BCUT2D eigenvalue weighted by Crippen LogP contribution is 2.32. The summed E-state index contributed by atoms with van der Waals surface area (Å²) in [6.07, 6.45) is 6.71. The maximum absolute atomic E-state index is 12.9. The second-order valence-electron chi connectivity index (χ2n) is 7.81. The lowest BCUT2D eigenvalue weighted by atomic mass is 9.88. The number of carbonyl (C=O) groups excluding carboxylic acids is 1. The van der Waals surface area contributed by atoms with Crippen molar-refractivity contribution in [1.29, 1.82) is 0 Å². The van der Waals surface area contributed by atoms with Gasteiger partial charge >= 0.3 is 0 Å². The lowest BCUT2D eigenvalue weighted by Crippen LogP contribution is -2.48. The largest absolute Gasteiger partial charge is 0.377 e. The van der Waals surface area contributed by atoms with E-state index in [2.05, 4.69) is 30.3 Å². The molecule has 4 nitrogen and oxygen atoms in total. The molecule has 1 aromatic carbocycles. The average Bonchev–Trinajstić information content (AvgIpc) is 3.40. The first-order chi connectivity index (χ1) is 12.7. The second-order valence-corrected chi connectivity index (χ2v) is 7.81. The van der Waals surface area contributed by atoms with Crippen molar-refractivity contribution in [3.05, 3.63) is 59.9 Å². The van der Waals surface area contributed by atoms with Crippen LogP contribution in [0.5, 0.6) is 0 Å². The van der Waals surface area contributed by atoms with Crippen LogP contribution in [0.2, 0.25) is 0 Å². The number of piperidine rings is 1. The second kappa shape index (κ2) is 7.67. The third-order valence-electron chi connectivity index (χ3n) is 5.70. The van der Waals surface area contributed by atoms with Crippen LogP contribution in [0, 0.1) is 11.8 Å². The van der Waals surface area contributed by atoms with Gasteiger partial charge in [-0.15, -0.1) is 0 Å². The van der Waals surface area contributed by atoms with Gasteiger partial charge in [-0.05, 0) is 49.3 Å². The van der Waals surface area contributed by atoms with Gasteiger partial charge in [0.05, 0.1) is 6.10 Å². The SMILES string of the molecule is Cn1cccc1C(=O)N1CC[C@@H](OCC2CC2)[C@@H](Cc2ccccc2)C1. The highest BCUT2D eigenvalue weighted by Gasteiger charge is 2.34. The molecule has 4 heteroatoms. The fraction of sp³-hybridized carbons (Fsp3) is 0.500. The Morgan fingerprint density at radius 1 is 1.12 bits per heavy atom. The number of hydrogen-bond donors (Lipinski definition) is 0. The van der Waals surface area contributed by atoms with Crippen LogP contribution in [-0.4, -0.2) is 41.2 Å². The van der Waals surface area contributed by atoms with Crippen molar-refractivity contribution in [3.63, 3.8) is 0 Å². The Morgan fingerprint density at radius 2 is 1.92 bits per heavy atom. The highest BCUT2D eigenvalue weighted by molar-refractivity contribution is 5.92. The van der Waals surface area contributed by atoms with Crippen LogP contribution in [-0.2, 0) is 18.2 Å². The summed E-state index contributed by atoms with van der Waals surface area (Å²) in [6, 6.07) is 14.4. The van der Waals surface area contributed by atoms with Crippen molar-refractivity contribution in [3.8, 4) is 0 Å². The van der Waals surface area contributed by atoms with Crippen LogP contribution < -0.4 is 0 Å². The molecule has 2 aromatic rings. The molecule has 1 aliphatic carbocycles. The lowest BCUT2D eigenvalue weighted by molar-refractivity contribution is -0.0327. The van der Waals surface area contributed by atoms with Gasteiger partial charge in [0, 0.05) is 38.9 Å². The Morgan fingerprint density at radius 3 is 2.62 bits per heavy atom. The minimum atomic E-state index is 0.135. The predicted molar refractivity (Wildman–Crippen MR) is 102 cm³/mol. The van der Waals surface area contributed by atoms with Crippen molar-refractivity contribution in [2.24, 2.45) is 18.9 Å². The van der Waals surface area contributed by atoms with Crippen LogP contribution in [0.3, 0.4) is 0 Å². The van der Waals surface area contributed by atoms with Gasteiger partial charge in [0.2, 0.25) is 0 Å². The zero-order valence-electron chi connectivity index (χ0n) is 15.5. The molecule has 1 aromatic heterocycles. The van der Waals surface area contributed by atoms with Crippen molar-refractivity contribution in [2.45, 2.75) is 31.8 Å². The number of rotatable bonds is 6. The molecule has 2 heterocycles. The molecule has 2 aliphatic rings. The molecule has 26 heavy (non-hydrogen) atoms. The molecule has 0 N–H and O–H groups in total. The molecule has 1 aliphatic heterocycles. The average molecular weight is 352 g/mol. The van der Waals surface area contributed by atoms with E-state index in [0.717, 1.165) is 44.1 Å². The third-order valence-corrected chi connectivity index (χ3v) is 5.70. The molecule has 1 amide bonds. The first kappa shape index (κ1) is 17.3. The number of amides is 1. The molecule has 0 bridgehead atoms. The van der Waals surface area contributed by atoms with E-state index in [1.54, 1.807) is 0 Å². The fourth-order valence-corrected chi connectivity index (χ4v) is 3.92. The molecule has 1 saturated heterocycles. The highest BCUT2D eigenvalue weighted by atomic mass is 16.5. The maximum Gasteiger partial charge on any atom is 0.270 e. The summed E-state index contributed by atoms with van der Waals surface area (Å²) in [5.41, 5.74) is 2.09. The van der Waals surface area contributed by atoms with Crippen molar-refractivity contribution in [2.75, 3.05) is 19.7 Å². The minimum Gasteiger partial charge on any atom is -0.377 e. The number of aryl methyl sites for hydroxylation is 1. The molecule has 0 unspecified atom stereocenters. The molecule has 1 saturated carbocycles. The molecule has 2 atom stereocenters. The number of nitrogens with zero attached hydrogens (tertiary/aromatic N) is 2. The topological polar surface area (TPSA) is 34.5 Å². The zero-order valence-corrected chi connectivity index (χ0v) is 15.5. The van der Waals surface area contributed by atoms with Gasteiger partial charge in [-0.2, -0.15) is 0 Å². The number of ether oxygens (including phenoxy) is 1. The molecule has 0 radical (unpaired) electrons. The molecule has 4 rings (SSSR count). The Labute approximate surface area is 155 Å². The first-order valence-corrected chi connectivity index (χ1v) is 9.77. The Hall–Kier alpha value is -2.07. The van der Waals surface area contributed by atoms with E-state index in [0.29, 0.717) is 5.92 Å². The standard InChI is InChI=1S/C22H28N2O2/c1-23-12-5-8-20(23)22(25)24-13-11-21(26-16-18-9-10-18)19(15-24)14-17-6-3-2-4-7-17/h2-8,12,18-19,21H,9-11,13-16H2,1H3/t19-,21+/m0/s1. The summed E-state index contributed by atoms with van der Waals surface area (Å²) in [7, 11) is 1.93. The van der Waals surface area contributed by atoms with Gasteiger partial charge in [-0.1, -0.05) is 30.3 Å². The zero-order chi connectivity index (χ0) is 17.9. The fourth-order valence-electron chi connectivity index (χ4n) is 3.92. The van der Waals surface area contributed by atoms with Gasteiger partial charge in [0.15, 0.2) is 0 Å². The number of benzene rings is 1. The van der Waals surface area contributed by atoms with Crippen molar-refractivity contribution >= 4 is 5.91 Å². The summed E-state index contributed by atoms with van der Waals surface area (Å²) in [4.78, 5) is 14.9. The normalized spacial score (nSPS) is 23.2. The smallest absolute Gasteiger partial charge is 0.270 e. The first-order valence-electron chi connectivity index (χ1n) is 9.77. The van der Waals surface area contributed by atoms with Gasteiger partial charge in [-0.25, -0.2) is 0 Å². The van der Waals surface area contributed by atoms with Gasteiger partial charge in [-0.3, -0.25) is 4.79 Å². The molecule has 2 fully saturated rings. The third kappa shape index (κ3) is 4.01. The van der Waals surface area contributed by atoms with Gasteiger partial charge < -0.3 is 14.2 Å². The number of likely N-dealkylation sites (tertiary alicyclic amines) is 1. The van der Waals surface area contributed by atoms with E-state index in [9.17, 15) is 4.79 Å². The van der Waals surface area contributed by atoms with Crippen LogP contribution in [0.15, 0.2) is 48.7 Å². The van der Waals surface area contributed by atoms with Crippen LogP contribution in [0.4, 0.5) is 0 Å². The van der Waals surface area contributed by atoms with Gasteiger partial charge in [0.1, 0.15) is 5.69 Å². The molecule has 138 valence electrons. The quantitative estimate of drug-likeness (QED) is 0.797. The van der Waals surface area contributed by atoms with Crippen molar-refractivity contribution < 1.29 is 9.53 Å². The monoisotopic (exact) mass is 352 g/mol. The van der Waals surface area contributed by atoms with Crippen LogP contribution in [0.25, 0.3) is 0 Å². The number of carbonyl (C=O) groups is 1. The minimum absolute atomic E-state index is 0.135. The lowest BCUT2D eigenvalue weighted by Gasteiger charge is -2.38. The summed E-state index contributed by atoms with van der Waals surface area (Å²) in [6.45, 7) is 2.45. The summed E-state index contributed by atoms with van der Waals surface area (Å²) >= 11 is 0. The van der Waals surface area contributed by atoms with Crippen LogP contribution >= 0.6 is 0 Å². The number of aromatic nitrogens is 1. The van der Waals surface area contributed by atoms with Crippen LogP contribution in [0.1, 0.15) is 35.3 Å². The summed E-state index contributed by atoms with van der Waals surface area (Å²) < 4.78 is 8.20. The Bertz CT molecular complexity index is 736. The number of hydrogen-bond acceptors (Lipinski definition) is 2. The maximum atomic E-state index is 12.9. The predicted octanol–water partition coefficient (Wildman–Crippen LogP) is 3.53. The summed E-state index contributed by atoms with van der Waals surface area (Å²) in [5.74, 6) is 1.26. The van der Waals surface area contributed by atoms with E-state index >= 15 is 0 Å². The van der Waals surface area contributed by atoms with E-state index in [1.807, 2.05) is 34.8 Å².